The van der Waals surface area contributed by atoms with Crippen molar-refractivity contribution in [3.63, 3.8) is 0 Å². The average molecular weight is 196 g/mol. The topological polar surface area (TPSA) is 75.7 Å². The van der Waals surface area contributed by atoms with Crippen molar-refractivity contribution in [2.75, 3.05) is 5.75 Å². The molecule has 1 aromatic rings. The number of nitrogens with two attached hydrogens (primary N) is 1. The predicted octanol–water partition coefficient (Wildman–Crippen LogP) is 1.26. The van der Waals surface area contributed by atoms with Gasteiger partial charge in [0.15, 0.2) is 0 Å². The van der Waals surface area contributed by atoms with Gasteiger partial charge in [0.25, 0.3) is 0 Å². The number of hydrogen-bond acceptors (Lipinski definition) is 4. The first-order valence-corrected chi connectivity index (χ1v) is 5.03. The maximum absolute atomic E-state index is 7.31. The minimum Gasteiger partial charge on any atom is -0.384 e. The Hall–Kier alpha value is -1.10. The molecule has 1 rings (SSSR count). The van der Waals surface area contributed by atoms with Crippen LogP contribution in [0.2, 0.25) is 0 Å². The molecule has 0 amide bonds. The lowest BCUT2D eigenvalue weighted by molar-refractivity contribution is 0.919. The van der Waals surface area contributed by atoms with Crippen LogP contribution in [0.5, 0.6) is 0 Å². The van der Waals surface area contributed by atoms with Crippen LogP contribution in [-0.4, -0.2) is 21.8 Å². The summed E-state index contributed by atoms with van der Waals surface area (Å²) in [6, 6.07) is 1.72. The molecule has 0 aliphatic carbocycles. The van der Waals surface area contributed by atoms with Crippen LogP contribution in [0.25, 0.3) is 0 Å². The van der Waals surface area contributed by atoms with Crippen molar-refractivity contribution in [3.05, 3.63) is 17.8 Å². The van der Waals surface area contributed by atoms with Gasteiger partial charge in [0.2, 0.25) is 0 Å². The number of rotatable bonds is 4. The quantitative estimate of drug-likeness (QED) is 0.432. The molecule has 0 aliphatic rings. The number of nitrogen functional groups attached to an aromatic ring is 1. The van der Waals surface area contributed by atoms with Gasteiger partial charge >= 0.3 is 0 Å². The molecule has 5 heteroatoms. The molecule has 0 radical (unpaired) electrons. The van der Waals surface area contributed by atoms with Crippen molar-refractivity contribution in [2.45, 2.75) is 18.4 Å². The summed E-state index contributed by atoms with van der Waals surface area (Å²) in [5, 5.41) is 15.7. The highest BCUT2D eigenvalue weighted by molar-refractivity contribution is 7.99. The first-order chi connectivity index (χ1) is 6.25. The van der Waals surface area contributed by atoms with Crippen LogP contribution in [-0.2, 0) is 0 Å². The van der Waals surface area contributed by atoms with Gasteiger partial charge in [-0.3, -0.25) is 5.41 Å². The minimum absolute atomic E-state index is 0.0495. The predicted molar refractivity (Wildman–Crippen MR) is 54.1 cm³/mol. The molecule has 0 aromatic carbocycles. The lowest BCUT2D eigenvalue weighted by atomic mass is 10.3. The van der Waals surface area contributed by atoms with E-state index in [1.165, 1.54) is 0 Å². The molecule has 0 aliphatic heterocycles. The third kappa shape index (κ3) is 2.69. The van der Waals surface area contributed by atoms with E-state index in [0.29, 0.717) is 5.56 Å². The van der Waals surface area contributed by atoms with E-state index in [2.05, 4.69) is 17.1 Å². The van der Waals surface area contributed by atoms with E-state index in [1.54, 1.807) is 24.0 Å². The van der Waals surface area contributed by atoms with E-state index in [9.17, 15) is 0 Å². The van der Waals surface area contributed by atoms with Crippen LogP contribution in [0.4, 0.5) is 0 Å². The minimum atomic E-state index is 0.0495. The monoisotopic (exact) mass is 196 g/mol. The summed E-state index contributed by atoms with van der Waals surface area (Å²) in [5.41, 5.74) is 6.06. The molecule has 0 atom stereocenters. The van der Waals surface area contributed by atoms with Crippen LogP contribution in [0.1, 0.15) is 18.9 Å². The number of nitrogens with one attached hydrogen (secondary N) is 1. The summed E-state index contributed by atoms with van der Waals surface area (Å²) in [6.45, 7) is 2.09. The van der Waals surface area contributed by atoms with Crippen molar-refractivity contribution in [3.8, 4) is 0 Å². The SMILES string of the molecule is CCCSc1nnccc1C(=N)N. The molecule has 0 bridgehead atoms. The zero-order valence-electron chi connectivity index (χ0n) is 7.45. The first-order valence-electron chi connectivity index (χ1n) is 4.04. The Morgan fingerprint density at radius 2 is 2.46 bits per heavy atom. The number of nitrogens with zero attached hydrogens (tertiary/aromatic N) is 2. The Balaban J connectivity index is 2.84. The van der Waals surface area contributed by atoms with Gasteiger partial charge < -0.3 is 5.73 Å². The van der Waals surface area contributed by atoms with Gasteiger partial charge in [0.05, 0.1) is 11.8 Å². The lowest BCUT2D eigenvalue weighted by Gasteiger charge is -2.03. The van der Waals surface area contributed by atoms with Crippen molar-refractivity contribution >= 4 is 17.6 Å². The summed E-state index contributed by atoms with van der Waals surface area (Å²) in [5.74, 6) is 1.02. The molecule has 0 fully saturated rings. The largest absolute Gasteiger partial charge is 0.384 e. The van der Waals surface area contributed by atoms with E-state index in [0.717, 1.165) is 17.2 Å². The molecule has 4 nitrogen and oxygen atoms in total. The Morgan fingerprint density at radius 1 is 1.69 bits per heavy atom. The first kappa shape index (κ1) is 9.98. The highest BCUT2D eigenvalue weighted by Crippen LogP contribution is 2.18. The third-order valence-electron chi connectivity index (χ3n) is 1.42. The standard InChI is InChI=1S/C8H12N4S/c1-2-5-13-8-6(7(9)10)3-4-11-12-8/h3-4H,2,5H2,1H3,(H3,9,10). The smallest absolute Gasteiger partial charge is 0.130 e. The van der Waals surface area contributed by atoms with E-state index < -0.39 is 0 Å². The van der Waals surface area contributed by atoms with Crippen LogP contribution in [0.15, 0.2) is 17.3 Å². The van der Waals surface area contributed by atoms with Crippen LogP contribution in [0, 0.1) is 5.41 Å². The molecule has 13 heavy (non-hydrogen) atoms. The van der Waals surface area contributed by atoms with E-state index in [-0.39, 0.29) is 5.84 Å². The Bertz CT molecular complexity index is 300. The Labute approximate surface area is 81.4 Å². The van der Waals surface area contributed by atoms with Crippen LogP contribution >= 0.6 is 11.8 Å². The second-order valence-corrected chi connectivity index (χ2v) is 3.60. The molecule has 70 valence electrons. The second-order valence-electron chi connectivity index (χ2n) is 2.51. The summed E-state index contributed by atoms with van der Waals surface area (Å²) in [6.07, 6.45) is 2.62. The third-order valence-corrected chi connectivity index (χ3v) is 2.61. The van der Waals surface area contributed by atoms with Crippen LogP contribution in [0.3, 0.4) is 0 Å². The van der Waals surface area contributed by atoms with Gasteiger partial charge in [-0.1, -0.05) is 6.92 Å². The van der Waals surface area contributed by atoms with E-state index >= 15 is 0 Å². The van der Waals surface area contributed by atoms with Gasteiger partial charge in [-0.2, -0.15) is 5.10 Å². The fraction of sp³-hybridized carbons (Fsp3) is 0.375. The summed E-state index contributed by atoms with van der Waals surface area (Å²) in [4.78, 5) is 0. The summed E-state index contributed by atoms with van der Waals surface area (Å²) < 4.78 is 0. The Kier molecular flexibility index (Phi) is 3.70. The molecule has 0 spiro atoms. The molecule has 3 N–H and O–H groups in total. The van der Waals surface area contributed by atoms with Gasteiger partial charge in [0.1, 0.15) is 10.9 Å². The van der Waals surface area contributed by atoms with Gasteiger partial charge in [-0.05, 0) is 18.2 Å². The van der Waals surface area contributed by atoms with Crippen LogP contribution < -0.4 is 5.73 Å². The molecule has 0 unspecified atom stereocenters. The number of amidine groups is 1. The van der Waals surface area contributed by atoms with Crippen molar-refractivity contribution < 1.29 is 0 Å². The van der Waals surface area contributed by atoms with Gasteiger partial charge in [0, 0.05) is 0 Å². The molecular weight excluding hydrogens is 184 g/mol. The normalized spacial score (nSPS) is 9.92. The highest BCUT2D eigenvalue weighted by atomic mass is 32.2. The van der Waals surface area contributed by atoms with Crippen molar-refractivity contribution in [1.29, 1.82) is 5.41 Å². The fourth-order valence-electron chi connectivity index (χ4n) is 0.829. The maximum Gasteiger partial charge on any atom is 0.130 e. The van der Waals surface area contributed by atoms with E-state index in [4.69, 9.17) is 11.1 Å². The van der Waals surface area contributed by atoms with Gasteiger partial charge in [-0.15, -0.1) is 16.9 Å². The van der Waals surface area contributed by atoms with E-state index in [1.807, 2.05) is 0 Å². The zero-order valence-corrected chi connectivity index (χ0v) is 8.27. The molecule has 0 saturated heterocycles. The number of thioether (sulfide) groups is 1. The second kappa shape index (κ2) is 4.81. The summed E-state index contributed by atoms with van der Waals surface area (Å²) in [7, 11) is 0. The summed E-state index contributed by atoms with van der Waals surface area (Å²) >= 11 is 1.58. The molecule has 1 heterocycles. The number of aromatic nitrogens is 2. The van der Waals surface area contributed by atoms with Crippen molar-refractivity contribution in [1.82, 2.24) is 10.2 Å². The molecule has 0 saturated carbocycles. The highest BCUT2D eigenvalue weighted by Gasteiger charge is 2.06. The average Bonchev–Trinajstić information content (AvgIpc) is 2.15. The van der Waals surface area contributed by atoms with Crippen molar-refractivity contribution in [2.24, 2.45) is 5.73 Å². The van der Waals surface area contributed by atoms with Gasteiger partial charge in [-0.25, -0.2) is 0 Å². The number of hydrogen-bond donors (Lipinski definition) is 2. The molecular formula is C8H12N4S. The Morgan fingerprint density at radius 3 is 3.08 bits per heavy atom. The lowest BCUT2D eigenvalue weighted by Crippen LogP contribution is -2.13. The zero-order chi connectivity index (χ0) is 9.68. The maximum atomic E-state index is 7.31. The molecule has 1 aromatic heterocycles. The fourth-order valence-corrected chi connectivity index (χ4v) is 1.66.